The Morgan fingerprint density at radius 3 is 3.15 bits per heavy atom. The lowest BCUT2D eigenvalue weighted by Crippen LogP contribution is -2.15. The summed E-state index contributed by atoms with van der Waals surface area (Å²) in [5, 5.41) is 17.7. The number of fused-ring (bicyclic) bond motifs is 5. The fourth-order valence-electron chi connectivity index (χ4n) is 2.94. The minimum atomic E-state index is 0.131. The maximum atomic E-state index is 9.25. The van der Waals surface area contributed by atoms with Crippen LogP contribution in [0.4, 0.5) is 0 Å². The molecule has 0 aromatic carbocycles. The highest BCUT2D eigenvalue weighted by molar-refractivity contribution is 5.57. The summed E-state index contributed by atoms with van der Waals surface area (Å²) in [5.41, 5.74) is 4.46. The van der Waals surface area contributed by atoms with Crippen LogP contribution in [0.1, 0.15) is 35.2 Å². The highest BCUT2D eigenvalue weighted by Gasteiger charge is 2.30. The number of allylic oxidation sites excluding steroid dienone is 4. The largest absolute Gasteiger partial charge is 0.323 e. The maximum Gasteiger partial charge on any atom is 0.162 e. The van der Waals surface area contributed by atoms with Crippen LogP contribution in [-0.4, -0.2) is 24.5 Å². The van der Waals surface area contributed by atoms with E-state index in [0.717, 1.165) is 29.2 Å². The fraction of sp³-hybridized carbons (Fsp3) is 0.286. The zero-order chi connectivity index (χ0) is 13.7. The molecule has 0 saturated carbocycles. The molecule has 98 valence electrons. The van der Waals surface area contributed by atoms with Gasteiger partial charge in [-0.1, -0.05) is 17.4 Å². The Balaban J connectivity index is 2.03. The topological polar surface area (TPSA) is 72.3 Å². The summed E-state index contributed by atoms with van der Waals surface area (Å²) in [6.07, 6.45) is 9.50. The molecule has 3 heterocycles. The van der Waals surface area contributed by atoms with E-state index in [2.05, 4.69) is 38.1 Å². The van der Waals surface area contributed by atoms with Gasteiger partial charge in [-0.3, -0.25) is 0 Å². The highest BCUT2D eigenvalue weighted by atomic mass is 15.4. The molecule has 4 rings (SSSR count). The van der Waals surface area contributed by atoms with Gasteiger partial charge in [0.15, 0.2) is 5.69 Å². The van der Waals surface area contributed by atoms with Gasteiger partial charge in [0, 0.05) is 6.42 Å². The van der Waals surface area contributed by atoms with Gasteiger partial charge in [-0.25, -0.2) is 9.67 Å². The second-order valence-corrected chi connectivity index (χ2v) is 5.04. The van der Waals surface area contributed by atoms with E-state index in [1.54, 1.807) is 6.33 Å². The molecule has 0 bridgehead atoms. The van der Waals surface area contributed by atoms with Gasteiger partial charge in [0.25, 0.3) is 0 Å². The van der Waals surface area contributed by atoms with Gasteiger partial charge in [0.2, 0.25) is 0 Å². The first kappa shape index (κ1) is 11.2. The molecule has 1 atom stereocenters. The van der Waals surface area contributed by atoms with E-state index in [-0.39, 0.29) is 6.04 Å². The van der Waals surface area contributed by atoms with Gasteiger partial charge in [0.1, 0.15) is 6.07 Å². The van der Waals surface area contributed by atoms with Gasteiger partial charge in [-0.05, 0) is 19.4 Å². The molecule has 1 unspecified atom stereocenters. The first-order valence-electron chi connectivity index (χ1n) is 6.53. The summed E-state index contributed by atoms with van der Waals surface area (Å²) in [6.45, 7) is 1.95. The smallest absolute Gasteiger partial charge is 0.162 e. The quantitative estimate of drug-likeness (QED) is 0.724. The summed E-state index contributed by atoms with van der Waals surface area (Å²) < 4.78 is 4.01. The van der Waals surface area contributed by atoms with Gasteiger partial charge in [-0.2, -0.15) is 5.26 Å². The third-order valence-electron chi connectivity index (χ3n) is 3.98. The maximum absolute atomic E-state index is 9.25. The lowest BCUT2D eigenvalue weighted by Gasteiger charge is -2.22. The van der Waals surface area contributed by atoms with E-state index in [0.29, 0.717) is 12.1 Å². The molecule has 20 heavy (non-hydrogen) atoms. The Morgan fingerprint density at radius 1 is 1.40 bits per heavy atom. The molecule has 2 aliphatic rings. The molecule has 6 heteroatoms. The number of nitrogens with zero attached hydrogens (tertiary/aromatic N) is 6. The normalized spacial score (nSPS) is 19.4. The number of imidazole rings is 1. The van der Waals surface area contributed by atoms with Crippen molar-refractivity contribution >= 4 is 5.70 Å². The average molecular weight is 264 g/mol. The number of aromatic nitrogens is 5. The monoisotopic (exact) mass is 264 g/mol. The number of hydrogen-bond donors (Lipinski definition) is 0. The van der Waals surface area contributed by atoms with Crippen molar-refractivity contribution in [2.45, 2.75) is 25.8 Å². The molecule has 1 aliphatic heterocycles. The predicted molar refractivity (Wildman–Crippen MR) is 71.6 cm³/mol. The van der Waals surface area contributed by atoms with Crippen LogP contribution in [0.15, 0.2) is 24.6 Å². The summed E-state index contributed by atoms with van der Waals surface area (Å²) in [6, 6.07) is 2.31. The van der Waals surface area contributed by atoms with E-state index in [4.69, 9.17) is 0 Å². The summed E-state index contributed by atoms with van der Waals surface area (Å²) >= 11 is 0. The third kappa shape index (κ3) is 1.35. The summed E-state index contributed by atoms with van der Waals surface area (Å²) in [7, 11) is 0. The Kier molecular flexibility index (Phi) is 2.18. The van der Waals surface area contributed by atoms with Crippen LogP contribution in [0, 0.1) is 18.3 Å². The van der Waals surface area contributed by atoms with Crippen LogP contribution >= 0.6 is 0 Å². The second-order valence-electron chi connectivity index (χ2n) is 5.04. The Labute approximate surface area is 115 Å². The van der Waals surface area contributed by atoms with Gasteiger partial charge >= 0.3 is 0 Å². The van der Waals surface area contributed by atoms with Crippen molar-refractivity contribution in [2.75, 3.05) is 0 Å². The first-order chi connectivity index (χ1) is 9.79. The molecule has 0 radical (unpaired) electrons. The zero-order valence-corrected chi connectivity index (χ0v) is 11.0. The summed E-state index contributed by atoms with van der Waals surface area (Å²) in [5.74, 6) is 0. The molecular formula is C14H12N6. The minimum Gasteiger partial charge on any atom is -0.323 e. The van der Waals surface area contributed by atoms with E-state index in [1.165, 1.54) is 0 Å². The number of nitriles is 1. The van der Waals surface area contributed by atoms with Crippen LogP contribution in [0.2, 0.25) is 0 Å². The number of hydrogen-bond acceptors (Lipinski definition) is 4. The zero-order valence-electron chi connectivity index (χ0n) is 11.0. The van der Waals surface area contributed by atoms with Gasteiger partial charge < -0.3 is 4.57 Å². The molecule has 0 N–H and O–H groups in total. The third-order valence-corrected chi connectivity index (χ3v) is 3.98. The molecule has 0 amide bonds. The van der Waals surface area contributed by atoms with Crippen LogP contribution < -0.4 is 0 Å². The highest BCUT2D eigenvalue weighted by Crippen LogP contribution is 2.35. The number of rotatable bonds is 0. The molecule has 2 aromatic rings. The van der Waals surface area contributed by atoms with Crippen LogP contribution in [0.25, 0.3) is 5.70 Å². The van der Waals surface area contributed by atoms with Crippen LogP contribution in [0.3, 0.4) is 0 Å². The fourth-order valence-corrected chi connectivity index (χ4v) is 2.94. The molecule has 0 fully saturated rings. The van der Waals surface area contributed by atoms with Gasteiger partial charge in [-0.15, -0.1) is 5.10 Å². The Morgan fingerprint density at radius 2 is 2.30 bits per heavy atom. The molecule has 1 aliphatic carbocycles. The lowest BCUT2D eigenvalue weighted by molar-refractivity contribution is 0.581. The first-order valence-corrected chi connectivity index (χ1v) is 6.53. The molecule has 6 nitrogen and oxygen atoms in total. The van der Waals surface area contributed by atoms with Crippen LogP contribution in [-0.2, 0) is 6.42 Å². The second kappa shape index (κ2) is 3.90. The van der Waals surface area contributed by atoms with E-state index in [1.807, 2.05) is 17.7 Å². The number of aryl methyl sites for hydroxylation is 1. The van der Waals surface area contributed by atoms with Crippen molar-refractivity contribution in [1.29, 1.82) is 5.26 Å². The summed E-state index contributed by atoms with van der Waals surface area (Å²) in [4.78, 5) is 4.24. The van der Waals surface area contributed by atoms with Crippen molar-refractivity contribution in [3.05, 3.63) is 47.3 Å². The van der Waals surface area contributed by atoms with E-state index in [9.17, 15) is 5.26 Å². The SMILES string of the molecule is Cc1nnn2c1Cc1c(C#N)ncn1C1CC=CC=C12. The predicted octanol–water partition coefficient (Wildman–Crippen LogP) is 1.60. The van der Waals surface area contributed by atoms with Gasteiger partial charge in [0.05, 0.1) is 35.1 Å². The Hall–Kier alpha value is -2.68. The van der Waals surface area contributed by atoms with E-state index >= 15 is 0 Å². The van der Waals surface area contributed by atoms with Crippen molar-refractivity contribution in [3.63, 3.8) is 0 Å². The minimum absolute atomic E-state index is 0.131. The van der Waals surface area contributed by atoms with Crippen molar-refractivity contribution < 1.29 is 0 Å². The molecule has 2 aromatic heterocycles. The van der Waals surface area contributed by atoms with E-state index < -0.39 is 0 Å². The molecule has 0 spiro atoms. The van der Waals surface area contributed by atoms with Crippen molar-refractivity contribution in [3.8, 4) is 6.07 Å². The standard InChI is InChI=1S/C14H12N6/c1-9-13-6-14-10(7-15)16-8-19(14)11-4-2-3-5-12(11)20(13)18-17-9/h2-3,5,8,11H,4,6H2,1H3. The molecular weight excluding hydrogens is 252 g/mol. The Bertz CT molecular complexity index is 798. The average Bonchev–Trinajstić information content (AvgIpc) is 3.01. The van der Waals surface area contributed by atoms with Crippen molar-refractivity contribution in [1.82, 2.24) is 24.5 Å². The van der Waals surface area contributed by atoms with Crippen molar-refractivity contribution in [2.24, 2.45) is 0 Å². The van der Waals surface area contributed by atoms with Crippen LogP contribution in [0.5, 0.6) is 0 Å². The lowest BCUT2D eigenvalue weighted by atomic mass is 10.0. The molecule has 0 saturated heterocycles.